The molecule has 0 aliphatic heterocycles. The first-order chi connectivity index (χ1) is 13.0. The summed E-state index contributed by atoms with van der Waals surface area (Å²) in [5.41, 5.74) is 1.97. The average Bonchev–Trinajstić information content (AvgIpc) is 2.67. The Labute approximate surface area is 158 Å². The molecule has 142 valence electrons. The summed E-state index contributed by atoms with van der Waals surface area (Å²) in [4.78, 5) is 35.8. The Bertz CT molecular complexity index is 723. The molecular weight excluding hydrogens is 344 g/mol. The van der Waals surface area contributed by atoms with E-state index < -0.39 is 24.0 Å². The summed E-state index contributed by atoms with van der Waals surface area (Å²) >= 11 is 0. The fourth-order valence-electron chi connectivity index (χ4n) is 2.68. The quantitative estimate of drug-likeness (QED) is 0.736. The van der Waals surface area contributed by atoms with Crippen molar-refractivity contribution in [3.8, 4) is 0 Å². The minimum Gasteiger partial charge on any atom is -0.453 e. The van der Waals surface area contributed by atoms with E-state index >= 15 is 0 Å². The number of amides is 3. The van der Waals surface area contributed by atoms with Crippen molar-refractivity contribution < 1.29 is 19.1 Å². The molecule has 2 aromatic rings. The van der Waals surface area contributed by atoms with Gasteiger partial charge in [-0.25, -0.2) is 4.79 Å². The lowest BCUT2D eigenvalue weighted by atomic mass is 9.88. The van der Waals surface area contributed by atoms with E-state index in [0.717, 1.165) is 11.1 Å². The van der Waals surface area contributed by atoms with Crippen LogP contribution >= 0.6 is 0 Å². The first kappa shape index (κ1) is 20.2. The number of esters is 1. The molecule has 0 saturated carbocycles. The molecule has 2 N–H and O–H groups in total. The Hall–Kier alpha value is -3.15. The van der Waals surface area contributed by atoms with Gasteiger partial charge in [0.15, 0.2) is 6.10 Å². The van der Waals surface area contributed by atoms with Crippen LogP contribution in [0.3, 0.4) is 0 Å². The maximum Gasteiger partial charge on any atom is 0.321 e. The predicted octanol–water partition coefficient (Wildman–Crippen LogP) is 2.99. The minimum atomic E-state index is -1.06. The van der Waals surface area contributed by atoms with Gasteiger partial charge in [-0.1, -0.05) is 60.7 Å². The molecule has 6 nitrogen and oxygen atoms in total. The zero-order valence-electron chi connectivity index (χ0n) is 15.5. The zero-order valence-corrected chi connectivity index (χ0v) is 15.5. The summed E-state index contributed by atoms with van der Waals surface area (Å²) in [5, 5.41) is 4.58. The molecule has 0 aliphatic rings. The summed E-state index contributed by atoms with van der Waals surface area (Å²) in [5.74, 6) is -1.35. The van der Waals surface area contributed by atoms with Gasteiger partial charge in [0.05, 0.1) is 6.42 Å². The summed E-state index contributed by atoms with van der Waals surface area (Å²) < 4.78 is 5.23. The van der Waals surface area contributed by atoms with E-state index in [0.29, 0.717) is 6.54 Å². The minimum absolute atomic E-state index is 0.0901. The van der Waals surface area contributed by atoms with Crippen LogP contribution in [0.15, 0.2) is 60.7 Å². The van der Waals surface area contributed by atoms with Crippen molar-refractivity contribution in [3.05, 3.63) is 71.8 Å². The fraction of sp³-hybridized carbons (Fsp3) is 0.286. The van der Waals surface area contributed by atoms with Crippen molar-refractivity contribution in [2.24, 2.45) is 0 Å². The van der Waals surface area contributed by atoms with Gasteiger partial charge in [-0.2, -0.15) is 0 Å². The van der Waals surface area contributed by atoms with Crippen molar-refractivity contribution in [2.45, 2.75) is 32.3 Å². The maximum absolute atomic E-state index is 12.4. The standard InChI is InChI=1S/C21H24N2O4/c1-3-22-21(26)23-20(25)15(2)27-19(24)14-18(16-10-6-4-7-11-16)17-12-8-5-9-13-17/h4-13,15,18H,3,14H2,1-2H3,(H2,22,23,25,26)/t15-/m1/s1. The molecule has 0 unspecified atom stereocenters. The zero-order chi connectivity index (χ0) is 19.6. The first-order valence-electron chi connectivity index (χ1n) is 8.89. The number of rotatable bonds is 7. The number of nitrogens with one attached hydrogen (secondary N) is 2. The Morgan fingerprint density at radius 1 is 0.926 bits per heavy atom. The Kier molecular flexibility index (Phi) is 7.55. The average molecular weight is 368 g/mol. The van der Waals surface area contributed by atoms with Crippen LogP contribution in [0, 0.1) is 0 Å². The highest BCUT2D eigenvalue weighted by Crippen LogP contribution is 2.28. The van der Waals surface area contributed by atoms with E-state index in [1.165, 1.54) is 6.92 Å². The van der Waals surface area contributed by atoms with Gasteiger partial charge in [0, 0.05) is 12.5 Å². The third kappa shape index (κ3) is 6.26. The van der Waals surface area contributed by atoms with Crippen molar-refractivity contribution in [1.29, 1.82) is 0 Å². The van der Waals surface area contributed by atoms with Gasteiger partial charge in [0.1, 0.15) is 0 Å². The normalized spacial score (nSPS) is 11.5. The SMILES string of the molecule is CCNC(=O)NC(=O)[C@@H](C)OC(=O)CC(c1ccccc1)c1ccccc1. The summed E-state index contributed by atoms with van der Waals surface area (Å²) in [6, 6.07) is 18.7. The molecule has 6 heteroatoms. The lowest BCUT2D eigenvalue weighted by molar-refractivity contribution is -0.154. The monoisotopic (exact) mass is 368 g/mol. The van der Waals surface area contributed by atoms with Crippen LogP contribution < -0.4 is 10.6 Å². The molecule has 2 aromatic carbocycles. The number of ether oxygens (including phenoxy) is 1. The van der Waals surface area contributed by atoms with Gasteiger partial charge >= 0.3 is 12.0 Å². The number of carbonyl (C=O) groups excluding carboxylic acids is 3. The van der Waals surface area contributed by atoms with Crippen LogP contribution in [0.5, 0.6) is 0 Å². The molecule has 0 radical (unpaired) electrons. The second kappa shape index (κ2) is 10.1. The van der Waals surface area contributed by atoms with Crippen LogP contribution in [0.4, 0.5) is 4.79 Å². The molecule has 0 saturated heterocycles. The van der Waals surface area contributed by atoms with Gasteiger partial charge in [0.25, 0.3) is 5.91 Å². The predicted molar refractivity (Wildman–Crippen MR) is 102 cm³/mol. The van der Waals surface area contributed by atoms with Crippen molar-refractivity contribution in [1.82, 2.24) is 10.6 Å². The van der Waals surface area contributed by atoms with Gasteiger partial charge in [-0.05, 0) is 25.0 Å². The molecule has 0 fully saturated rings. The smallest absolute Gasteiger partial charge is 0.321 e. The van der Waals surface area contributed by atoms with E-state index in [9.17, 15) is 14.4 Å². The first-order valence-corrected chi connectivity index (χ1v) is 8.89. The van der Waals surface area contributed by atoms with Gasteiger partial charge in [0.2, 0.25) is 0 Å². The summed E-state index contributed by atoms with van der Waals surface area (Å²) in [6.07, 6.45) is -0.973. The molecule has 0 spiro atoms. The lowest BCUT2D eigenvalue weighted by Gasteiger charge is -2.19. The van der Waals surface area contributed by atoms with Crippen LogP contribution in [-0.2, 0) is 14.3 Å². The number of carbonyl (C=O) groups is 3. The fourth-order valence-corrected chi connectivity index (χ4v) is 2.68. The number of benzene rings is 2. The van der Waals surface area contributed by atoms with Crippen LogP contribution in [0.1, 0.15) is 37.3 Å². The molecular formula is C21H24N2O4. The molecule has 0 aromatic heterocycles. The van der Waals surface area contributed by atoms with E-state index in [4.69, 9.17) is 4.74 Å². The maximum atomic E-state index is 12.4. The van der Waals surface area contributed by atoms with E-state index in [2.05, 4.69) is 10.6 Å². The molecule has 1 atom stereocenters. The molecule has 3 amide bonds. The van der Waals surface area contributed by atoms with Gasteiger partial charge < -0.3 is 10.1 Å². The topological polar surface area (TPSA) is 84.5 Å². The highest BCUT2D eigenvalue weighted by molar-refractivity contribution is 5.97. The van der Waals surface area contributed by atoms with E-state index in [-0.39, 0.29) is 12.3 Å². The molecule has 2 rings (SSSR count). The van der Waals surface area contributed by atoms with Crippen molar-refractivity contribution in [2.75, 3.05) is 6.54 Å². The number of hydrogen-bond donors (Lipinski definition) is 2. The van der Waals surface area contributed by atoms with Crippen LogP contribution in [0.25, 0.3) is 0 Å². The lowest BCUT2D eigenvalue weighted by Crippen LogP contribution is -2.44. The van der Waals surface area contributed by atoms with E-state index in [1.54, 1.807) is 6.92 Å². The highest BCUT2D eigenvalue weighted by Gasteiger charge is 2.23. The largest absolute Gasteiger partial charge is 0.453 e. The molecule has 0 aliphatic carbocycles. The third-order valence-electron chi connectivity index (χ3n) is 4.03. The third-order valence-corrected chi connectivity index (χ3v) is 4.03. The summed E-state index contributed by atoms with van der Waals surface area (Å²) in [7, 11) is 0. The number of hydrogen-bond acceptors (Lipinski definition) is 4. The van der Waals surface area contributed by atoms with E-state index in [1.807, 2.05) is 60.7 Å². The molecule has 0 heterocycles. The van der Waals surface area contributed by atoms with Crippen molar-refractivity contribution >= 4 is 17.9 Å². The summed E-state index contributed by atoms with van der Waals surface area (Å²) in [6.45, 7) is 3.57. The van der Waals surface area contributed by atoms with Crippen LogP contribution in [-0.4, -0.2) is 30.6 Å². The number of imide groups is 1. The van der Waals surface area contributed by atoms with Crippen LogP contribution in [0.2, 0.25) is 0 Å². The van der Waals surface area contributed by atoms with Gasteiger partial charge in [-0.15, -0.1) is 0 Å². The highest BCUT2D eigenvalue weighted by atomic mass is 16.5. The molecule has 27 heavy (non-hydrogen) atoms. The van der Waals surface area contributed by atoms with Crippen molar-refractivity contribution in [3.63, 3.8) is 0 Å². The Morgan fingerprint density at radius 2 is 1.44 bits per heavy atom. The Morgan fingerprint density at radius 3 is 1.93 bits per heavy atom. The Balaban J connectivity index is 2.04. The second-order valence-electron chi connectivity index (χ2n) is 6.06. The van der Waals surface area contributed by atoms with Gasteiger partial charge in [-0.3, -0.25) is 14.9 Å². The number of urea groups is 1. The molecule has 0 bridgehead atoms. The second-order valence-corrected chi connectivity index (χ2v) is 6.06.